The number of hydrogen-bond acceptors (Lipinski definition) is 4. The van der Waals surface area contributed by atoms with Gasteiger partial charge < -0.3 is 19.3 Å². The Balaban J connectivity index is 1.52. The summed E-state index contributed by atoms with van der Waals surface area (Å²) in [6.07, 6.45) is 8.05. The molecular formula is C21H32N2O3. The average Bonchev–Trinajstić information content (AvgIpc) is 2.97. The molecule has 0 radical (unpaired) electrons. The summed E-state index contributed by atoms with van der Waals surface area (Å²) < 4.78 is 10.6. The molecule has 5 heteroatoms. The van der Waals surface area contributed by atoms with Crippen molar-refractivity contribution in [2.75, 3.05) is 40.4 Å². The number of likely N-dealkylation sites (tertiary alicyclic amines) is 2. The second-order valence-corrected chi connectivity index (χ2v) is 7.43. The van der Waals surface area contributed by atoms with Crippen molar-refractivity contribution >= 4 is 5.91 Å². The van der Waals surface area contributed by atoms with E-state index in [9.17, 15) is 4.79 Å². The normalized spacial score (nSPS) is 19.8. The van der Waals surface area contributed by atoms with Crippen LogP contribution in [0.3, 0.4) is 0 Å². The Morgan fingerprint density at radius 1 is 0.962 bits per heavy atom. The Hall–Kier alpha value is -1.75. The largest absolute Gasteiger partial charge is 0.493 e. The molecule has 3 rings (SSSR count). The molecule has 1 amide bonds. The highest BCUT2D eigenvalue weighted by atomic mass is 16.5. The van der Waals surface area contributed by atoms with Gasteiger partial charge in [0, 0.05) is 19.1 Å². The third kappa shape index (κ3) is 4.70. The van der Waals surface area contributed by atoms with E-state index in [0.29, 0.717) is 24.0 Å². The van der Waals surface area contributed by atoms with Gasteiger partial charge in [0.25, 0.3) is 0 Å². The first-order chi connectivity index (χ1) is 12.7. The Labute approximate surface area is 157 Å². The number of amides is 1. The van der Waals surface area contributed by atoms with Gasteiger partial charge in [0.05, 0.1) is 20.6 Å². The van der Waals surface area contributed by atoms with Gasteiger partial charge in [0.2, 0.25) is 5.91 Å². The van der Waals surface area contributed by atoms with Gasteiger partial charge in [-0.1, -0.05) is 18.9 Å². The van der Waals surface area contributed by atoms with Crippen LogP contribution < -0.4 is 9.47 Å². The summed E-state index contributed by atoms with van der Waals surface area (Å²) in [5.41, 5.74) is 0.974. The lowest BCUT2D eigenvalue weighted by atomic mass is 10.0. The molecule has 2 fully saturated rings. The van der Waals surface area contributed by atoms with E-state index in [1.165, 1.54) is 38.8 Å². The van der Waals surface area contributed by atoms with Crippen molar-refractivity contribution in [3.8, 4) is 11.5 Å². The SMILES string of the molecule is COc1ccc(CC(=O)N2CCC(N3CCCCCC3)CC2)cc1OC. The van der Waals surface area contributed by atoms with E-state index in [4.69, 9.17) is 9.47 Å². The second-order valence-electron chi connectivity index (χ2n) is 7.43. The number of carbonyl (C=O) groups excluding carboxylic acids is 1. The molecule has 144 valence electrons. The molecule has 0 N–H and O–H groups in total. The fraction of sp³-hybridized carbons (Fsp3) is 0.667. The number of nitrogens with zero attached hydrogens (tertiary/aromatic N) is 2. The summed E-state index contributed by atoms with van der Waals surface area (Å²) in [6, 6.07) is 6.38. The number of carbonyl (C=O) groups is 1. The second kappa shape index (κ2) is 9.26. The van der Waals surface area contributed by atoms with E-state index in [0.717, 1.165) is 31.5 Å². The first-order valence-electron chi connectivity index (χ1n) is 9.94. The lowest BCUT2D eigenvalue weighted by Crippen LogP contribution is -2.47. The lowest BCUT2D eigenvalue weighted by Gasteiger charge is -2.38. The molecule has 5 nitrogen and oxygen atoms in total. The fourth-order valence-electron chi connectivity index (χ4n) is 4.22. The van der Waals surface area contributed by atoms with Gasteiger partial charge in [-0.3, -0.25) is 4.79 Å². The van der Waals surface area contributed by atoms with Crippen LogP contribution in [0.5, 0.6) is 11.5 Å². The molecule has 26 heavy (non-hydrogen) atoms. The highest BCUT2D eigenvalue weighted by Crippen LogP contribution is 2.28. The molecule has 0 aromatic heterocycles. The highest BCUT2D eigenvalue weighted by Gasteiger charge is 2.27. The summed E-state index contributed by atoms with van der Waals surface area (Å²) in [5.74, 6) is 1.59. The van der Waals surface area contributed by atoms with Crippen LogP contribution in [0.15, 0.2) is 18.2 Å². The topological polar surface area (TPSA) is 42.0 Å². The Kier molecular flexibility index (Phi) is 6.78. The molecule has 0 atom stereocenters. The van der Waals surface area contributed by atoms with Crippen LogP contribution in [0, 0.1) is 0 Å². The first-order valence-corrected chi connectivity index (χ1v) is 9.94. The van der Waals surface area contributed by atoms with Gasteiger partial charge in [0.15, 0.2) is 11.5 Å². The number of benzene rings is 1. The van der Waals surface area contributed by atoms with E-state index in [-0.39, 0.29) is 5.91 Å². The first kappa shape index (κ1) is 19.0. The summed E-state index contributed by atoms with van der Waals surface area (Å²) in [7, 11) is 3.24. The molecule has 0 saturated carbocycles. The summed E-state index contributed by atoms with van der Waals surface area (Å²) in [5, 5.41) is 0. The Morgan fingerprint density at radius 2 is 1.62 bits per heavy atom. The van der Waals surface area contributed by atoms with Crippen molar-refractivity contribution in [2.45, 2.75) is 51.0 Å². The molecule has 0 bridgehead atoms. The number of rotatable bonds is 5. The van der Waals surface area contributed by atoms with Gasteiger partial charge in [-0.15, -0.1) is 0 Å². The van der Waals surface area contributed by atoms with E-state index >= 15 is 0 Å². The maximum atomic E-state index is 12.7. The van der Waals surface area contributed by atoms with Crippen molar-refractivity contribution in [3.05, 3.63) is 23.8 Å². The van der Waals surface area contributed by atoms with Gasteiger partial charge >= 0.3 is 0 Å². The monoisotopic (exact) mass is 360 g/mol. The third-order valence-electron chi connectivity index (χ3n) is 5.78. The fourth-order valence-corrected chi connectivity index (χ4v) is 4.22. The van der Waals surface area contributed by atoms with Crippen molar-refractivity contribution in [1.29, 1.82) is 0 Å². The van der Waals surface area contributed by atoms with Crippen LogP contribution in [-0.2, 0) is 11.2 Å². The van der Waals surface area contributed by atoms with Crippen LogP contribution in [-0.4, -0.2) is 62.1 Å². The van der Waals surface area contributed by atoms with Crippen molar-refractivity contribution < 1.29 is 14.3 Å². The van der Waals surface area contributed by atoms with Gasteiger partial charge in [-0.2, -0.15) is 0 Å². The molecule has 2 aliphatic heterocycles. The smallest absolute Gasteiger partial charge is 0.226 e. The van der Waals surface area contributed by atoms with Crippen LogP contribution in [0.4, 0.5) is 0 Å². The standard InChI is InChI=1S/C21H32N2O3/c1-25-19-8-7-17(15-20(19)26-2)16-21(24)23-13-9-18(10-14-23)22-11-5-3-4-6-12-22/h7-8,15,18H,3-6,9-14,16H2,1-2H3. The molecule has 0 aliphatic carbocycles. The predicted molar refractivity (Wildman–Crippen MR) is 103 cm³/mol. The zero-order valence-electron chi connectivity index (χ0n) is 16.2. The molecule has 1 aromatic carbocycles. The van der Waals surface area contributed by atoms with Crippen molar-refractivity contribution in [2.24, 2.45) is 0 Å². The Morgan fingerprint density at radius 3 is 2.23 bits per heavy atom. The Bertz CT molecular complexity index is 589. The van der Waals surface area contributed by atoms with E-state index in [2.05, 4.69) is 4.90 Å². The summed E-state index contributed by atoms with van der Waals surface area (Å²) in [4.78, 5) is 17.4. The average molecular weight is 360 g/mol. The zero-order valence-corrected chi connectivity index (χ0v) is 16.2. The van der Waals surface area contributed by atoms with Gasteiger partial charge in [0.1, 0.15) is 0 Å². The summed E-state index contributed by atoms with van der Waals surface area (Å²) in [6.45, 7) is 4.25. The van der Waals surface area contributed by atoms with Crippen molar-refractivity contribution in [1.82, 2.24) is 9.80 Å². The van der Waals surface area contributed by atoms with E-state index in [1.54, 1.807) is 14.2 Å². The third-order valence-corrected chi connectivity index (χ3v) is 5.78. The number of hydrogen-bond donors (Lipinski definition) is 0. The van der Waals surface area contributed by atoms with Gasteiger partial charge in [-0.25, -0.2) is 0 Å². The molecule has 1 aromatic rings. The molecule has 0 unspecified atom stereocenters. The molecule has 2 aliphatic rings. The number of piperidine rings is 1. The lowest BCUT2D eigenvalue weighted by molar-refractivity contribution is -0.132. The maximum Gasteiger partial charge on any atom is 0.226 e. The van der Waals surface area contributed by atoms with Crippen LogP contribution in [0.1, 0.15) is 44.1 Å². The van der Waals surface area contributed by atoms with E-state index < -0.39 is 0 Å². The predicted octanol–water partition coefficient (Wildman–Crippen LogP) is 3.11. The molecule has 2 heterocycles. The minimum absolute atomic E-state index is 0.214. The minimum atomic E-state index is 0.214. The van der Waals surface area contributed by atoms with Gasteiger partial charge in [-0.05, 0) is 56.5 Å². The maximum absolute atomic E-state index is 12.7. The summed E-state index contributed by atoms with van der Waals surface area (Å²) >= 11 is 0. The number of ether oxygens (including phenoxy) is 2. The van der Waals surface area contributed by atoms with Crippen LogP contribution in [0.2, 0.25) is 0 Å². The van der Waals surface area contributed by atoms with Crippen molar-refractivity contribution in [3.63, 3.8) is 0 Å². The molecule has 2 saturated heterocycles. The molecule has 0 spiro atoms. The van der Waals surface area contributed by atoms with Crippen LogP contribution >= 0.6 is 0 Å². The van der Waals surface area contributed by atoms with E-state index in [1.807, 2.05) is 23.1 Å². The molecular weight excluding hydrogens is 328 g/mol. The number of methoxy groups -OCH3 is 2. The van der Waals surface area contributed by atoms with Crippen LogP contribution in [0.25, 0.3) is 0 Å². The minimum Gasteiger partial charge on any atom is -0.493 e. The zero-order chi connectivity index (χ0) is 18.4. The highest BCUT2D eigenvalue weighted by molar-refractivity contribution is 5.79. The quantitative estimate of drug-likeness (QED) is 0.809.